The van der Waals surface area contributed by atoms with E-state index in [1.54, 1.807) is 12.1 Å². The van der Waals surface area contributed by atoms with Crippen molar-refractivity contribution >= 4 is 45.6 Å². The number of nitrogens with one attached hydrogen (secondary N) is 1. The van der Waals surface area contributed by atoms with E-state index in [0.29, 0.717) is 33.5 Å². The molecule has 152 valence electrons. The molecule has 0 radical (unpaired) electrons. The number of aryl methyl sites for hydroxylation is 1. The first-order chi connectivity index (χ1) is 13.7. The van der Waals surface area contributed by atoms with E-state index in [2.05, 4.69) is 10.5 Å². The minimum atomic E-state index is -0.793. The lowest BCUT2D eigenvalue weighted by molar-refractivity contribution is -0.00737. The van der Waals surface area contributed by atoms with Crippen LogP contribution in [0.3, 0.4) is 0 Å². The standard InChI is InChI=1S/C21H20Cl2N2O3S/c1-12-5-13(3-4-18(12)20(26)24-17-10-29(27)11-17)19-9-21(2,28-25-19)14-6-15(22)8-16(23)7-14/h3-8,17H,9-11H2,1-2H3,(H,24,26). The van der Waals surface area contributed by atoms with Gasteiger partial charge >= 0.3 is 0 Å². The van der Waals surface area contributed by atoms with Gasteiger partial charge in [0.15, 0.2) is 5.60 Å². The van der Waals surface area contributed by atoms with E-state index in [-0.39, 0.29) is 11.9 Å². The highest BCUT2D eigenvalue weighted by molar-refractivity contribution is 7.86. The third-order valence-corrected chi connectivity index (χ3v) is 7.23. The summed E-state index contributed by atoms with van der Waals surface area (Å²) < 4.78 is 11.2. The van der Waals surface area contributed by atoms with Crippen molar-refractivity contribution in [1.82, 2.24) is 5.32 Å². The second-order valence-corrected chi connectivity index (χ2v) is 10.1. The summed E-state index contributed by atoms with van der Waals surface area (Å²) in [4.78, 5) is 18.2. The number of carbonyl (C=O) groups excluding carboxylic acids is 1. The number of amides is 1. The van der Waals surface area contributed by atoms with E-state index in [4.69, 9.17) is 28.0 Å². The number of rotatable bonds is 4. The Labute approximate surface area is 181 Å². The first-order valence-electron chi connectivity index (χ1n) is 9.22. The molecule has 1 unspecified atom stereocenters. The van der Waals surface area contributed by atoms with Crippen molar-refractivity contribution in [3.63, 3.8) is 0 Å². The van der Waals surface area contributed by atoms with Crippen molar-refractivity contribution in [3.05, 3.63) is 68.7 Å². The van der Waals surface area contributed by atoms with Crippen LogP contribution in [-0.4, -0.2) is 33.4 Å². The minimum absolute atomic E-state index is 0.000227. The molecule has 2 heterocycles. The molecule has 1 N–H and O–H groups in total. The molecular weight excluding hydrogens is 431 g/mol. The molecule has 0 saturated carbocycles. The van der Waals surface area contributed by atoms with E-state index in [1.807, 2.05) is 38.1 Å². The Morgan fingerprint density at radius 1 is 1.21 bits per heavy atom. The molecule has 2 aromatic carbocycles. The van der Waals surface area contributed by atoms with Crippen molar-refractivity contribution in [3.8, 4) is 0 Å². The van der Waals surface area contributed by atoms with Crippen LogP contribution in [0.2, 0.25) is 10.0 Å². The molecule has 5 nitrogen and oxygen atoms in total. The molecule has 4 rings (SSSR count). The van der Waals surface area contributed by atoms with Crippen molar-refractivity contribution in [2.45, 2.75) is 31.9 Å². The van der Waals surface area contributed by atoms with E-state index >= 15 is 0 Å². The van der Waals surface area contributed by atoms with E-state index < -0.39 is 16.4 Å². The number of halogens is 2. The predicted molar refractivity (Wildman–Crippen MR) is 116 cm³/mol. The molecule has 8 heteroatoms. The van der Waals surface area contributed by atoms with Gasteiger partial charge in [0.2, 0.25) is 0 Å². The molecule has 1 amide bonds. The number of carbonyl (C=O) groups is 1. The first kappa shape index (κ1) is 20.4. The van der Waals surface area contributed by atoms with Crippen molar-refractivity contribution < 1.29 is 13.8 Å². The highest BCUT2D eigenvalue weighted by Gasteiger charge is 2.37. The highest BCUT2D eigenvalue weighted by Crippen LogP contribution is 2.38. The van der Waals surface area contributed by atoms with Gasteiger partial charge < -0.3 is 10.2 Å². The highest BCUT2D eigenvalue weighted by atomic mass is 35.5. The molecule has 0 spiro atoms. The summed E-state index contributed by atoms with van der Waals surface area (Å²) in [5.41, 5.74) is 3.36. The third kappa shape index (κ3) is 4.20. The van der Waals surface area contributed by atoms with Gasteiger partial charge in [0.1, 0.15) is 0 Å². The number of hydrogen-bond acceptors (Lipinski definition) is 4. The van der Waals surface area contributed by atoms with Crippen LogP contribution in [-0.2, 0) is 21.2 Å². The fourth-order valence-corrected chi connectivity index (χ4v) is 5.05. The normalized spacial score (nSPS) is 25.7. The Bertz CT molecular complexity index is 1030. The summed E-state index contributed by atoms with van der Waals surface area (Å²) in [6.07, 6.45) is 0.558. The number of nitrogens with zero attached hydrogens (tertiary/aromatic N) is 1. The Balaban J connectivity index is 1.50. The number of benzene rings is 2. The zero-order chi connectivity index (χ0) is 20.8. The Kier molecular flexibility index (Phi) is 5.44. The average Bonchev–Trinajstić information content (AvgIpc) is 3.03. The zero-order valence-corrected chi connectivity index (χ0v) is 18.3. The summed E-state index contributed by atoms with van der Waals surface area (Å²) in [6.45, 7) is 3.84. The van der Waals surface area contributed by atoms with Crippen LogP contribution in [0, 0.1) is 6.92 Å². The molecule has 2 aliphatic heterocycles. The lowest BCUT2D eigenvalue weighted by Gasteiger charge is -2.26. The van der Waals surface area contributed by atoms with Gasteiger partial charge in [-0.15, -0.1) is 0 Å². The van der Waals surface area contributed by atoms with Crippen molar-refractivity contribution in [1.29, 1.82) is 0 Å². The van der Waals surface area contributed by atoms with Gasteiger partial charge in [0, 0.05) is 49.9 Å². The van der Waals surface area contributed by atoms with Gasteiger partial charge in [0.25, 0.3) is 5.91 Å². The van der Waals surface area contributed by atoms with Crippen LogP contribution < -0.4 is 5.32 Å². The molecule has 0 bridgehead atoms. The lowest BCUT2D eigenvalue weighted by Crippen LogP contribution is -2.50. The van der Waals surface area contributed by atoms with Crippen LogP contribution in [0.15, 0.2) is 41.6 Å². The molecule has 29 heavy (non-hydrogen) atoms. The Morgan fingerprint density at radius 3 is 2.52 bits per heavy atom. The van der Waals surface area contributed by atoms with Gasteiger partial charge in [-0.25, -0.2) is 0 Å². The monoisotopic (exact) mass is 450 g/mol. The zero-order valence-electron chi connectivity index (χ0n) is 16.0. The molecule has 1 fully saturated rings. The minimum Gasteiger partial charge on any atom is -0.384 e. The Hall–Kier alpha value is -1.89. The average molecular weight is 451 g/mol. The molecule has 0 aliphatic carbocycles. The van der Waals surface area contributed by atoms with Gasteiger partial charge in [-0.2, -0.15) is 0 Å². The maximum atomic E-state index is 12.5. The first-order valence-corrected chi connectivity index (χ1v) is 11.5. The van der Waals surface area contributed by atoms with Crippen LogP contribution in [0.4, 0.5) is 0 Å². The summed E-state index contributed by atoms with van der Waals surface area (Å²) in [5, 5.41) is 8.31. The summed E-state index contributed by atoms with van der Waals surface area (Å²) in [7, 11) is -0.793. The van der Waals surface area contributed by atoms with Crippen molar-refractivity contribution in [2.24, 2.45) is 5.16 Å². The summed E-state index contributed by atoms with van der Waals surface area (Å²) in [6, 6.07) is 11.0. The number of hydrogen-bond donors (Lipinski definition) is 1. The molecule has 0 aromatic heterocycles. The predicted octanol–water partition coefficient (Wildman–Crippen LogP) is 4.20. The largest absolute Gasteiger partial charge is 0.384 e. The molecule has 1 atom stereocenters. The molecule has 2 aliphatic rings. The van der Waals surface area contributed by atoms with E-state index in [1.165, 1.54) is 0 Å². The van der Waals surface area contributed by atoms with Gasteiger partial charge in [-0.05, 0) is 55.3 Å². The van der Waals surface area contributed by atoms with Gasteiger partial charge in [-0.1, -0.05) is 34.4 Å². The maximum absolute atomic E-state index is 12.5. The van der Waals surface area contributed by atoms with E-state index in [0.717, 1.165) is 22.4 Å². The topological polar surface area (TPSA) is 67.8 Å². The quantitative estimate of drug-likeness (QED) is 0.758. The van der Waals surface area contributed by atoms with Crippen LogP contribution in [0.5, 0.6) is 0 Å². The SMILES string of the molecule is Cc1cc(C2=NOC(C)(c3cc(Cl)cc(Cl)c3)C2)ccc1C(=O)NC1CS(=O)C1. The summed E-state index contributed by atoms with van der Waals surface area (Å²) >= 11 is 12.3. The fraction of sp³-hybridized carbons (Fsp3) is 0.333. The molecule has 1 saturated heterocycles. The van der Waals surface area contributed by atoms with Crippen molar-refractivity contribution in [2.75, 3.05) is 11.5 Å². The second-order valence-electron chi connectivity index (χ2n) is 7.67. The third-order valence-electron chi connectivity index (χ3n) is 5.25. The van der Waals surface area contributed by atoms with Gasteiger partial charge in [0.05, 0.1) is 11.8 Å². The lowest BCUT2D eigenvalue weighted by atomic mass is 9.88. The second kappa shape index (κ2) is 7.74. The molecule has 2 aromatic rings. The summed E-state index contributed by atoms with van der Waals surface area (Å²) in [5.74, 6) is 0.922. The Morgan fingerprint density at radius 2 is 1.90 bits per heavy atom. The number of oxime groups is 1. The molecular formula is C21H20Cl2N2O3S. The van der Waals surface area contributed by atoms with E-state index in [9.17, 15) is 9.00 Å². The fourth-order valence-electron chi connectivity index (χ4n) is 3.55. The smallest absolute Gasteiger partial charge is 0.251 e. The van der Waals surface area contributed by atoms with Crippen LogP contribution in [0.1, 0.15) is 40.4 Å². The van der Waals surface area contributed by atoms with Gasteiger partial charge in [-0.3, -0.25) is 9.00 Å². The van der Waals surface area contributed by atoms with Crippen LogP contribution in [0.25, 0.3) is 0 Å². The van der Waals surface area contributed by atoms with Crippen LogP contribution >= 0.6 is 23.2 Å². The maximum Gasteiger partial charge on any atom is 0.251 e.